The van der Waals surface area contributed by atoms with Crippen molar-refractivity contribution in [1.82, 2.24) is 15.1 Å². The molecular weight excluding hydrogens is 601 g/mol. The standard InChI is InChI=1S/C28H42N4O5.4H2S/c1-18(2)30-11-13-31(14-12-30)20-9-7-19(8-10-20)26(34)29-21(15-28(3,4)5)27(35)32-16-23(36-6)25-24(32)22(33)17-37-25;;;;/h7-10,18,21,23-25H,11-17H2,1-6H3,(H,29,34);4*1H2/t21-,23-,24+,25+;;;;/m0..../s1. The van der Waals surface area contributed by atoms with Gasteiger partial charge in [-0.2, -0.15) is 54.0 Å². The molecule has 3 fully saturated rings. The molecule has 236 valence electrons. The number of ether oxygens (including phenoxy) is 2. The maximum Gasteiger partial charge on any atom is 0.251 e. The molecule has 3 aliphatic heterocycles. The number of nitrogens with one attached hydrogen (secondary N) is 1. The van der Waals surface area contributed by atoms with E-state index in [0.717, 1.165) is 31.9 Å². The van der Waals surface area contributed by atoms with Gasteiger partial charge >= 0.3 is 0 Å². The minimum absolute atomic E-state index is 0. The van der Waals surface area contributed by atoms with Crippen molar-refractivity contribution in [3.63, 3.8) is 0 Å². The van der Waals surface area contributed by atoms with Gasteiger partial charge in [0.2, 0.25) is 5.91 Å². The van der Waals surface area contributed by atoms with Crippen molar-refractivity contribution in [3.8, 4) is 0 Å². The van der Waals surface area contributed by atoms with E-state index in [-0.39, 0.29) is 96.3 Å². The number of benzene rings is 1. The molecule has 1 N–H and O–H groups in total. The molecule has 0 spiro atoms. The number of hydrogen-bond donors (Lipinski definition) is 1. The summed E-state index contributed by atoms with van der Waals surface area (Å²) in [5, 5.41) is 2.97. The molecule has 0 radical (unpaired) electrons. The summed E-state index contributed by atoms with van der Waals surface area (Å²) in [4.78, 5) is 45.8. The highest BCUT2D eigenvalue weighted by atomic mass is 32.1. The molecule has 0 saturated carbocycles. The van der Waals surface area contributed by atoms with E-state index in [1.54, 1.807) is 12.0 Å². The van der Waals surface area contributed by atoms with Gasteiger partial charge in [-0.3, -0.25) is 19.3 Å². The molecule has 13 heteroatoms. The number of piperazine rings is 1. The lowest BCUT2D eigenvalue weighted by molar-refractivity contribution is -0.138. The van der Waals surface area contributed by atoms with Crippen LogP contribution in [0.1, 0.15) is 51.4 Å². The van der Waals surface area contributed by atoms with Crippen LogP contribution >= 0.6 is 54.0 Å². The molecule has 0 unspecified atom stereocenters. The Labute approximate surface area is 273 Å². The molecule has 3 heterocycles. The zero-order chi connectivity index (χ0) is 26.9. The Hall–Kier alpha value is -1.09. The molecule has 4 atom stereocenters. The van der Waals surface area contributed by atoms with Crippen molar-refractivity contribution < 1.29 is 23.9 Å². The van der Waals surface area contributed by atoms with Gasteiger partial charge in [0.25, 0.3) is 5.91 Å². The Morgan fingerprint density at radius 2 is 1.61 bits per heavy atom. The summed E-state index contributed by atoms with van der Waals surface area (Å²) < 4.78 is 11.1. The van der Waals surface area contributed by atoms with Gasteiger partial charge in [0, 0.05) is 50.6 Å². The van der Waals surface area contributed by atoms with Crippen molar-refractivity contribution >= 4 is 77.3 Å². The summed E-state index contributed by atoms with van der Waals surface area (Å²) in [6, 6.07) is 6.71. The van der Waals surface area contributed by atoms with Gasteiger partial charge in [-0.25, -0.2) is 0 Å². The fourth-order valence-corrected chi connectivity index (χ4v) is 5.62. The van der Waals surface area contributed by atoms with Gasteiger partial charge in [0.15, 0.2) is 5.78 Å². The molecule has 9 nitrogen and oxygen atoms in total. The minimum atomic E-state index is -0.763. The third-order valence-corrected chi connectivity index (χ3v) is 7.68. The first kappa shape index (κ1) is 39.9. The molecular formula is C28H50N4O5S4. The number of carbonyl (C=O) groups excluding carboxylic acids is 3. The Kier molecular flexibility index (Phi) is 16.2. The number of methoxy groups -OCH3 is 1. The van der Waals surface area contributed by atoms with Crippen molar-refractivity contribution in [1.29, 1.82) is 0 Å². The first-order valence-electron chi connectivity index (χ1n) is 13.4. The smallest absolute Gasteiger partial charge is 0.251 e. The largest absolute Gasteiger partial charge is 0.377 e. The topological polar surface area (TPSA) is 91.4 Å². The molecule has 3 saturated heterocycles. The summed E-state index contributed by atoms with van der Waals surface area (Å²) in [5.74, 6) is -0.688. The van der Waals surface area contributed by atoms with E-state index in [1.165, 1.54) is 0 Å². The van der Waals surface area contributed by atoms with Crippen LogP contribution in [0.5, 0.6) is 0 Å². The highest BCUT2D eigenvalue weighted by molar-refractivity contribution is 7.59. The van der Waals surface area contributed by atoms with Crippen LogP contribution in [0.4, 0.5) is 5.69 Å². The summed E-state index contributed by atoms with van der Waals surface area (Å²) in [7, 11) is 1.56. The van der Waals surface area contributed by atoms with E-state index >= 15 is 0 Å². The maximum atomic E-state index is 13.7. The second-order valence-corrected chi connectivity index (χ2v) is 11.9. The third kappa shape index (κ3) is 9.45. The Bertz CT molecular complexity index is 1000. The number of carbonyl (C=O) groups is 3. The Balaban J connectivity index is 0.00000400. The van der Waals surface area contributed by atoms with Crippen LogP contribution < -0.4 is 10.2 Å². The average molecular weight is 651 g/mol. The number of amides is 2. The molecule has 0 aliphatic carbocycles. The van der Waals surface area contributed by atoms with E-state index in [4.69, 9.17) is 9.47 Å². The van der Waals surface area contributed by atoms with Gasteiger partial charge < -0.3 is 24.6 Å². The third-order valence-electron chi connectivity index (χ3n) is 7.68. The van der Waals surface area contributed by atoms with Crippen molar-refractivity contribution in [2.75, 3.05) is 51.3 Å². The second-order valence-electron chi connectivity index (χ2n) is 11.9. The van der Waals surface area contributed by atoms with Crippen LogP contribution in [0.3, 0.4) is 0 Å². The van der Waals surface area contributed by atoms with E-state index in [1.807, 2.05) is 45.0 Å². The van der Waals surface area contributed by atoms with Crippen molar-refractivity contribution in [3.05, 3.63) is 29.8 Å². The van der Waals surface area contributed by atoms with Crippen LogP contribution in [-0.4, -0.2) is 104 Å². The summed E-state index contributed by atoms with van der Waals surface area (Å²) in [6.45, 7) is 14.7. The first-order chi connectivity index (χ1) is 17.5. The first-order valence-corrected chi connectivity index (χ1v) is 13.4. The number of fused-ring (bicyclic) bond motifs is 1. The van der Waals surface area contributed by atoms with Crippen LogP contribution in [0.2, 0.25) is 0 Å². The Morgan fingerprint density at radius 3 is 2.12 bits per heavy atom. The molecule has 1 aromatic rings. The Morgan fingerprint density at radius 1 is 1.02 bits per heavy atom. The lowest BCUT2D eigenvalue weighted by atomic mass is 9.87. The molecule has 3 aliphatic rings. The molecule has 1 aromatic carbocycles. The van der Waals surface area contributed by atoms with E-state index in [9.17, 15) is 14.4 Å². The fraction of sp³-hybridized carbons (Fsp3) is 0.679. The zero-order valence-electron chi connectivity index (χ0n) is 25.0. The number of rotatable bonds is 7. The van der Waals surface area contributed by atoms with E-state index in [0.29, 0.717) is 18.0 Å². The maximum absolute atomic E-state index is 13.7. The highest BCUT2D eigenvalue weighted by Gasteiger charge is 2.53. The highest BCUT2D eigenvalue weighted by Crippen LogP contribution is 2.31. The number of ketones is 1. The normalized spacial score (nSPS) is 23.0. The van der Waals surface area contributed by atoms with Crippen LogP contribution in [0.15, 0.2) is 24.3 Å². The predicted molar refractivity (Wildman–Crippen MR) is 183 cm³/mol. The molecule has 4 rings (SSSR count). The summed E-state index contributed by atoms with van der Waals surface area (Å²) in [6.07, 6.45) is -0.375. The zero-order valence-corrected chi connectivity index (χ0v) is 29.0. The number of hydrogen-bond acceptors (Lipinski definition) is 7. The molecule has 0 aromatic heterocycles. The van der Waals surface area contributed by atoms with Crippen LogP contribution in [0.25, 0.3) is 0 Å². The van der Waals surface area contributed by atoms with Crippen LogP contribution in [0, 0.1) is 5.41 Å². The molecule has 2 amide bonds. The van der Waals surface area contributed by atoms with E-state index in [2.05, 4.69) is 29.0 Å². The monoisotopic (exact) mass is 650 g/mol. The quantitative estimate of drug-likeness (QED) is 0.485. The summed E-state index contributed by atoms with van der Waals surface area (Å²) >= 11 is 0. The minimum Gasteiger partial charge on any atom is -0.377 e. The molecule has 41 heavy (non-hydrogen) atoms. The number of nitrogens with zero attached hydrogens (tertiary/aromatic N) is 3. The lowest BCUT2D eigenvalue weighted by Gasteiger charge is -2.38. The second kappa shape index (κ2) is 16.7. The van der Waals surface area contributed by atoms with Crippen molar-refractivity contribution in [2.45, 2.75) is 71.4 Å². The number of anilines is 1. The van der Waals surface area contributed by atoms with Gasteiger partial charge in [-0.1, -0.05) is 20.8 Å². The van der Waals surface area contributed by atoms with Crippen molar-refractivity contribution in [2.24, 2.45) is 5.41 Å². The molecule has 0 bridgehead atoms. The SMILES string of the molecule is CO[C@H]1CN(C(=O)[C@H](CC(C)(C)C)NC(=O)c2ccc(N3CCN(C(C)C)CC3)cc2)[C@@H]2C(=O)CO[C@H]12.S.S.S.S. The van der Waals surface area contributed by atoms with Gasteiger partial charge in [0.1, 0.15) is 30.9 Å². The van der Waals surface area contributed by atoms with Crippen LogP contribution in [-0.2, 0) is 19.1 Å². The van der Waals surface area contributed by atoms with Gasteiger partial charge in [0.05, 0.1) is 6.54 Å². The average Bonchev–Trinajstić information content (AvgIpc) is 3.42. The van der Waals surface area contributed by atoms with Gasteiger partial charge in [-0.15, -0.1) is 0 Å². The van der Waals surface area contributed by atoms with Gasteiger partial charge in [-0.05, 0) is 49.9 Å². The lowest BCUT2D eigenvalue weighted by Crippen LogP contribution is -2.53. The summed E-state index contributed by atoms with van der Waals surface area (Å²) in [5.41, 5.74) is 1.38. The fourth-order valence-electron chi connectivity index (χ4n) is 5.62. The number of Topliss-reactive ketones (excluding diaryl/α,β-unsaturated/α-hetero) is 1. The predicted octanol–water partition coefficient (Wildman–Crippen LogP) is 2.40. The van der Waals surface area contributed by atoms with E-state index < -0.39 is 18.2 Å². The number of likely N-dealkylation sites (tertiary alicyclic amines) is 1.